The van der Waals surface area contributed by atoms with Crippen molar-refractivity contribution in [2.45, 2.75) is 13.5 Å². The Labute approximate surface area is 166 Å². The summed E-state index contributed by atoms with van der Waals surface area (Å²) in [5.74, 6) is -0.326. The van der Waals surface area contributed by atoms with Gasteiger partial charge in [0.25, 0.3) is 17.4 Å². The third-order valence-corrected chi connectivity index (χ3v) is 4.13. The minimum atomic E-state index is -0.644. The zero-order valence-corrected chi connectivity index (χ0v) is 16.0. The van der Waals surface area contributed by atoms with Gasteiger partial charge in [0.15, 0.2) is 23.8 Å². The van der Waals surface area contributed by atoms with Crippen LogP contribution < -0.4 is 25.9 Å². The van der Waals surface area contributed by atoms with Crippen molar-refractivity contribution in [2.75, 3.05) is 13.7 Å². The van der Waals surface area contributed by atoms with Gasteiger partial charge in [-0.1, -0.05) is 30.3 Å². The number of ether oxygens (including phenoxy) is 2. The monoisotopic (exact) mass is 396 g/mol. The average Bonchev–Trinajstić information content (AvgIpc) is 2.76. The number of hydrazine groups is 1. The number of carbonyl (C=O) groups excluding carboxylic acids is 2. The van der Waals surface area contributed by atoms with Gasteiger partial charge in [0.1, 0.15) is 0 Å². The third kappa shape index (κ3) is 4.34. The number of carbonyl (C=O) groups is 2. The van der Waals surface area contributed by atoms with Crippen LogP contribution in [0, 0.1) is 0 Å². The fourth-order valence-electron chi connectivity index (χ4n) is 2.72. The smallest absolute Gasteiger partial charge is 0.290 e. The number of nitrogens with zero attached hydrogens (tertiary/aromatic N) is 2. The maximum absolute atomic E-state index is 12.6. The summed E-state index contributed by atoms with van der Waals surface area (Å²) in [7, 11) is 1.50. The predicted octanol–water partition coefficient (Wildman–Crippen LogP) is 1.27. The maximum Gasteiger partial charge on any atom is 0.290 e. The fraction of sp³-hybridized carbons (Fsp3) is 0.200. The van der Waals surface area contributed by atoms with Crippen molar-refractivity contribution >= 4 is 22.6 Å². The summed E-state index contributed by atoms with van der Waals surface area (Å²) in [5.41, 5.74) is 4.32. The molecule has 0 bridgehead atoms. The van der Waals surface area contributed by atoms with Gasteiger partial charge >= 0.3 is 0 Å². The molecule has 1 heterocycles. The van der Waals surface area contributed by atoms with Gasteiger partial charge in [-0.25, -0.2) is 4.68 Å². The highest BCUT2D eigenvalue weighted by atomic mass is 16.5. The second-order valence-corrected chi connectivity index (χ2v) is 5.96. The Morgan fingerprint density at radius 2 is 1.66 bits per heavy atom. The lowest BCUT2D eigenvalue weighted by atomic mass is 10.1. The lowest BCUT2D eigenvalue weighted by Crippen LogP contribution is -2.44. The second-order valence-electron chi connectivity index (χ2n) is 5.96. The van der Waals surface area contributed by atoms with Gasteiger partial charge in [0, 0.05) is 11.9 Å². The van der Waals surface area contributed by atoms with Crippen LogP contribution in [0.4, 0.5) is 0 Å². The molecule has 0 saturated carbocycles. The Kier molecular flexibility index (Phi) is 6.08. The summed E-state index contributed by atoms with van der Waals surface area (Å²) in [5, 5.41) is 4.88. The number of para-hydroxylation sites is 2. The highest BCUT2D eigenvalue weighted by molar-refractivity contribution is 6.05. The lowest BCUT2D eigenvalue weighted by Gasteiger charge is -2.12. The zero-order valence-electron chi connectivity index (χ0n) is 16.0. The van der Waals surface area contributed by atoms with Crippen LogP contribution in [0.2, 0.25) is 0 Å². The molecule has 0 aliphatic carbocycles. The number of methoxy groups -OCH3 is 1. The fourth-order valence-corrected chi connectivity index (χ4v) is 2.72. The van der Waals surface area contributed by atoms with E-state index < -0.39 is 11.8 Å². The van der Waals surface area contributed by atoms with Gasteiger partial charge < -0.3 is 9.47 Å². The van der Waals surface area contributed by atoms with Crippen LogP contribution in [0.25, 0.3) is 10.8 Å². The van der Waals surface area contributed by atoms with E-state index in [0.29, 0.717) is 28.8 Å². The molecule has 0 saturated heterocycles. The molecule has 0 fully saturated rings. The summed E-state index contributed by atoms with van der Waals surface area (Å²) in [6.07, 6.45) is 0. The maximum atomic E-state index is 12.6. The van der Waals surface area contributed by atoms with Gasteiger partial charge in [0.2, 0.25) is 0 Å². The van der Waals surface area contributed by atoms with Crippen molar-refractivity contribution in [2.24, 2.45) is 0 Å². The molecule has 0 spiro atoms. The third-order valence-electron chi connectivity index (χ3n) is 4.13. The molecule has 0 aliphatic rings. The summed E-state index contributed by atoms with van der Waals surface area (Å²) >= 11 is 0. The molecule has 150 valence electrons. The summed E-state index contributed by atoms with van der Waals surface area (Å²) in [4.78, 5) is 36.9. The van der Waals surface area contributed by atoms with E-state index >= 15 is 0 Å². The molecule has 3 aromatic rings. The number of benzene rings is 2. The average molecular weight is 396 g/mol. The predicted molar refractivity (Wildman–Crippen MR) is 106 cm³/mol. The van der Waals surface area contributed by atoms with E-state index in [0.717, 1.165) is 0 Å². The Hall–Kier alpha value is -3.88. The highest BCUT2D eigenvalue weighted by Crippen LogP contribution is 2.25. The standard InChI is InChI=1S/C20H20N4O5/c1-3-24-20(27)14-9-5-4-8-13(14)18(23-24)19(26)22-21-17(25)12-29-16-11-7-6-10-15(16)28-2/h4-11H,3,12H2,1-2H3,(H,21,25)(H,22,26). The van der Waals surface area contributed by atoms with E-state index in [-0.39, 0.29) is 17.9 Å². The number of amides is 2. The molecule has 9 nitrogen and oxygen atoms in total. The molecule has 9 heteroatoms. The summed E-state index contributed by atoms with van der Waals surface area (Å²) in [6.45, 7) is 1.73. The lowest BCUT2D eigenvalue weighted by molar-refractivity contribution is -0.123. The number of rotatable bonds is 6. The molecule has 3 rings (SSSR count). The Balaban J connectivity index is 1.69. The Morgan fingerprint density at radius 1 is 1.00 bits per heavy atom. The number of nitrogens with one attached hydrogen (secondary N) is 2. The number of hydrogen-bond acceptors (Lipinski definition) is 6. The zero-order chi connectivity index (χ0) is 20.8. The molecule has 0 radical (unpaired) electrons. The largest absolute Gasteiger partial charge is 0.493 e. The van der Waals surface area contributed by atoms with Gasteiger partial charge in [-0.2, -0.15) is 5.10 Å². The second kappa shape index (κ2) is 8.87. The van der Waals surface area contributed by atoms with Crippen LogP contribution in [0.15, 0.2) is 53.3 Å². The van der Waals surface area contributed by atoms with E-state index in [1.807, 2.05) is 0 Å². The normalized spacial score (nSPS) is 10.4. The van der Waals surface area contributed by atoms with Crippen molar-refractivity contribution in [1.29, 1.82) is 0 Å². The number of fused-ring (bicyclic) bond motifs is 1. The van der Waals surface area contributed by atoms with Crippen molar-refractivity contribution < 1.29 is 19.1 Å². The molecule has 0 aliphatic heterocycles. The van der Waals surface area contributed by atoms with E-state index in [1.54, 1.807) is 55.5 Å². The molecule has 2 N–H and O–H groups in total. The minimum Gasteiger partial charge on any atom is -0.493 e. The summed E-state index contributed by atoms with van der Waals surface area (Å²) < 4.78 is 11.7. The number of hydrogen-bond donors (Lipinski definition) is 2. The minimum absolute atomic E-state index is 0.0352. The number of aromatic nitrogens is 2. The molecule has 2 aromatic carbocycles. The van der Waals surface area contributed by atoms with Crippen molar-refractivity contribution in [3.05, 3.63) is 64.6 Å². The van der Waals surface area contributed by atoms with Crippen molar-refractivity contribution in [3.63, 3.8) is 0 Å². The van der Waals surface area contributed by atoms with Gasteiger partial charge in [-0.05, 0) is 25.1 Å². The number of aryl methyl sites for hydroxylation is 1. The first-order valence-corrected chi connectivity index (χ1v) is 8.90. The van der Waals surface area contributed by atoms with Gasteiger partial charge in [-0.3, -0.25) is 25.2 Å². The molecular weight excluding hydrogens is 376 g/mol. The van der Waals surface area contributed by atoms with E-state index in [1.165, 1.54) is 11.8 Å². The van der Waals surface area contributed by atoms with Crippen LogP contribution in [-0.2, 0) is 11.3 Å². The molecule has 0 unspecified atom stereocenters. The topological polar surface area (TPSA) is 112 Å². The van der Waals surface area contributed by atoms with Crippen LogP contribution in [-0.4, -0.2) is 35.3 Å². The van der Waals surface area contributed by atoms with E-state index in [9.17, 15) is 14.4 Å². The Morgan fingerprint density at radius 3 is 2.34 bits per heavy atom. The van der Waals surface area contributed by atoms with Gasteiger partial charge in [-0.15, -0.1) is 0 Å². The quantitative estimate of drug-likeness (QED) is 0.607. The first-order chi connectivity index (χ1) is 14.0. The van der Waals surface area contributed by atoms with Crippen molar-refractivity contribution in [1.82, 2.24) is 20.6 Å². The molecule has 29 heavy (non-hydrogen) atoms. The van der Waals surface area contributed by atoms with Crippen LogP contribution in [0.5, 0.6) is 11.5 Å². The van der Waals surface area contributed by atoms with E-state index in [2.05, 4.69) is 16.0 Å². The first kappa shape index (κ1) is 19.9. The highest BCUT2D eigenvalue weighted by Gasteiger charge is 2.17. The molecule has 1 aromatic heterocycles. The SMILES string of the molecule is CCn1nc(C(=O)NNC(=O)COc2ccccc2OC)c2ccccc2c1=O. The van der Waals surface area contributed by atoms with E-state index in [4.69, 9.17) is 9.47 Å². The first-order valence-electron chi connectivity index (χ1n) is 8.90. The Bertz CT molecular complexity index is 1110. The molecule has 0 atom stereocenters. The van der Waals surface area contributed by atoms with Crippen LogP contribution >= 0.6 is 0 Å². The molecular formula is C20H20N4O5. The van der Waals surface area contributed by atoms with Crippen molar-refractivity contribution in [3.8, 4) is 11.5 Å². The van der Waals surface area contributed by atoms with Crippen LogP contribution in [0.3, 0.4) is 0 Å². The van der Waals surface area contributed by atoms with Gasteiger partial charge in [0.05, 0.1) is 12.5 Å². The molecule has 2 amide bonds. The van der Waals surface area contributed by atoms with Crippen LogP contribution in [0.1, 0.15) is 17.4 Å². The summed E-state index contributed by atoms with van der Waals surface area (Å²) in [6, 6.07) is 13.6.